The zero-order valence-electron chi connectivity index (χ0n) is 14.5. The minimum absolute atomic E-state index is 0.0112. The van der Waals surface area contributed by atoms with E-state index in [9.17, 15) is 9.59 Å². The second-order valence-corrected chi connectivity index (χ2v) is 6.43. The first-order chi connectivity index (χ1) is 12.0. The molecule has 2 aromatic rings. The van der Waals surface area contributed by atoms with Crippen LogP contribution in [0.4, 0.5) is 0 Å². The van der Waals surface area contributed by atoms with Gasteiger partial charge in [0.15, 0.2) is 0 Å². The number of hydrogen-bond donors (Lipinski definition) is 1. The van der Waals surface area contributed by atoms with Crippen molar-refractivity contribution in [1.82, 2.24) is 10.2 Å². The first-order valence-corrected chi connectivity index (χ1v) is 8.33. The summed E-state index contributed by atoms with van der Waals surface area (Å²) < 4.78 is 5.67. The van der Waals surface area contributed by atoms with Gasteiger partial charge in [0.2, 0.25) is 5.91 Å². The highest BCUT2D eigenvalue weighted by Gasteiger charge is 2.25. The predicted molar refractivity (Wildman–Crippen MR) is 95.4 cm³/mol. The molecule has 0 aromatic heterocycles. The average Bonchev–Trinajstić information content (AvgIpc) is 2.65. The van der Waals surface area contributed by atoms with Crippen LogP contribution >= 0.6 is 0 Å². The molecule has 0 saturated heterocycles. The van der Waals surface area contributed by atoms with Crippen LogP contribution in [-0.4, -0.2) is 37.4 Å². The predicted octanol–water partition coefficient (Wildman–Crippen LogP) is 2.26. The number of carbonyl (C=O) groups is 2. The number of nitrogens with zero attached hydrogens (tertiary/aromatic N) is 1. The standard InChI is InChI=1S/C20H22N2O3/c1-22(2)20(24)15-9-7-14(8-10-15)12-21-19(23)17-11-16-5-3-4-6-18(16)25-13-17/h3-10,17H,11-13H2,1-2H3,(H,21,23). The molecule has 0 radical (unpaired) electrons. The molecule has 0 aliphatic carbocycles. The molecule has 130 valence electrons. The normalized spacial score (nSPS) is 15.7. The molecule has 1 unspecified atom stereocenters. The maximum Gasteiger partial charge on any atom is 0.253 e. The third kappa shape index (κ3) is 3.99. The second kappa shape index (κ2) is 7.38. The van der Waals surface area contributed by atoms with E-state index < -0.39 is 0 Å². The van der Waals surface area contributed by atoms with Crippen molar-refractivity contribution in [1.29, 1.82) is 0 Å². The van der Waals surface area contributed by atoms with E-state index in [0.717, 1.165) is 16.9 Å². The number of benzene rings is 2. The van der Waals surface area contributed by atoms with Crippen LogP contribution < -0.4 is 10.1 Å². The van der Waals surface area contributed by atoms with Crippen molar-refractivity contribution in [3.8, 4) is 5.75 Å². The van der Waals surface area contributed by atoms with E-state index >= 15 is 0 Å². The van der Waals surface area contributed by atoms with E-state index in [1.807, 2.05) is 36.4 Å². The van der Waals surface area contributed by atoms with Crippen LogP contribution in [-0.2, 0) is 17.8 Å². The molecule has 0 fully saturated rings. The van der Waals surface area contributed by atoms with Crippen molar-refractivity contribution in [2.45, 2.75) is 13.0 Å². The number of amides is 2. The van der Waals surface area contributed by atoms with Crippen molar-refractivity contribution in [2.75, 3.05) is 20.7 Å². The van der Waals surface area contributed by atoms with Crippen molar-refractivity contribution in [3.63, 3.8) is 0 Å². The summed E-state index contributed by atoms with van der Waals surface area (Å²) in [6.45, 7) is 0.840. The topological polar surface area (TPSA) is 58.6 Å². The summed E-state index contributed by atoms with van der Waals surface area (Å²) in [6, 6.07) is 15.1. The van der Waals surface area contributed by atoms with Crippen molar-refractivity contribution in [2.24, 2.45) is 5.92 Å². The number of fused-ring (bicyclic) bond motifs is 1. The Morgan fingerprint density at radius 3 is 2.56 bits per heavy atom. The smallest absolute Gasteiger partial charge is 0.253 e. The van der Waals surface area contributed by atoms with E-state index in [2.05, 4.69) is 5.32 Å². The lowest BCUT2D eigenvalue weighted by molar-refractivity contribution is -0.126. The van der Waals surface area contributed by atoms with Gasteiger partial charge in [0.25, 0.3) is 5.91 Å². The van der Waals surface area contributed by atoms with E-state index in [1.165, 1.54) is 4.90 Å². The number of ether oxygens (including phenoxy) is 1. The molecule has 0 saturated carbocycles. The molecule has 1 N–H and O–H groups in total. The molecular weight excluding hydrogens is 316 g/mol. The quantitative estimate of drug-likeness (QED) is 0.930. The fourth-order valence-corrected chi connectivity index (χ4v) is 2.85. The lowest BCUT2D eigenvalue weighted by Gasteiger charge is -2.24. The van der Waals surface area contributed by atoms with Crippen LogP contribution in [0.15, 0.2) is 48.5 Å². The first kappa shape index (κ1) is 17.0. The molecule has 2 amide bonds. The Bertz CT molecular complexity index is 769. The average molecular weight is 338 g/mol. The van der Waals surface area contributed by atoms with Gasteiger partial charge in [-0.25, -0.2) is 0 Å². The first-order valence-electron chi connectivity index (χ1n) is 8.33. The van der Waals surface area contributed by atoms with Gasteiger partial charge in [-0.15, -0.1) is 0 Å². The Morgan fingerprint density at radius 2 is 1.84 bits per heavy atom. The van der Waals surface area contributed by atoms with Gasteiger partial charge >= 0.3 is 0 Å². The molecule has 0 bridgehead atoms. The van der Waals surface area contributed by atoms with Gasteiger partial charge in [0.05, 0.1) is 5.92 Å². The van der Waals surface area contributed by atoms with Crippen molar-refractivity contribution < 1.29 is 14.3 Å². The van der Waals surface area contributed by atoms with E-state index in [-0.39, 0.29) is 17.7 Å². The summed E-state index contributed by atoms with van der Waals surface area (Å²) in [5.41, 5.74) is 2.67. The molecule has 1 aliphatic rings. The Labute approximate surface area is 147 Å². The Morgan fingerprint density at radius 1 is 1.12 bits per heavy atom. The van der Waals surface area contributed by atoms with Crippen LogP contribution in [0, 0.1) is 5.92 Å². The summed E-state index contributed by atoms with van der Waals surface area (Å²) in [6.07, 6.45) is 0.693. The van der Waals surface area contributed by atoms with Gasteiger partial charge in [-0.05, 0) is 35.7 Å². The van der Waals surface area contributed by atoms with Gasteiger partial charge in [-0.2, -0.15) is 0 Å². The molecule has 25 heavy (non-hydrogen) atoms. The van der Waals surface area contributed by atoms with Gasteiger partial charge in [-0.1, -0.05) is 30.3 Å². The lowest BCUT2D eigenvalue weighted by Crippen LogP contribution is -2.37. The molecule has 1 heterocycles. The third-order valence-electron chi connectivity index (χ3n) is 4.32. The fraction of sp³-hybridized carbons (Fsp3) is 0.300. The zero-order chi connectivity index (χ0) is 17.8. The molecule has 5 heteroatoms. The summed E-state index contributed by atoms with van der Waals surface area (Å²) >= 11 is 0. The maximum absolute atomic E-state index is 12.4. The molecular formula is C20H22N2O3. The number of rotatable bonds is 4. The van der Waals surface area contributed by atoms with Gasteiger partial charge in [-0.3, -0.25) is 9.59 Å². The molecule has 5 nitrogen and oxygen atoms in total. The minimum atomic E-state index is -0.176. The summed E-state index contributed by atoms with van der Waals surface area (Å²) in [4.78, 5) is 25.8. The minimum Gasteiger partial charge on any atom is -0.492 e. The highest BCUT2D eigenvalue weighted by Crippen LogP contribution is 2.26. The third-order valence-corrected chi connectivity index (χ3v) is 4.32. The van der Waals surface area contributed by atoms with E-state index in [4.69, 9.17) is 4.74 Å². The largest absolute Gasteiger partial charge is 0.492 e. The van der Waals surface area contributed by atoms with Gasteiger partial charge < -0.3 is 15.0 Å². The van der Waals surface area contributed by atoms with Crippen molar-refractivity contribution >= 4 is 11.8 Å². The van der Waals surface area contributed by atoms with Crippen LogP contribution in [0.25, 0.3) is 0 Å². The molecule has 1 atom stereocenters. The molecule has 2 aromatic carbocycles. The molecule has 1 aliphatic heterocycles. The lowest BCUT2D eigenvalue weighted by atomic mass is 9.96. The van der Waals surface area contributed by atoms with Gasteiger partial charge in [0.1, 0.15) is 12.4 Å². The van der Waals surface area contributed by atoms with Crippen LogP contribution in [0.3, 0.4) is 0 Å². The van der Waals surface area contributed by atoms with Crippen LogP contribution in [0.5, 0.6) is 5.75 Å². The highest BCUT2D eigenvalue weighted by molar-refractivity contribution is 5.93. The van der Waals surface area contributed by atoms with Gasteiger partial charge in [0, 0.05) is 26.2 Å². The number of para-hydroxylation sites is 1. The summed E-state index contributed by atoms with van der Waals surface area (Å²) in [5, 5.41) is 2.96. The Hall–Kier alpha value is -2.82. The maximum atomic E-state index is 12.4. The second-order valence-electron chi connectivity index (χ2n) is 6.43. The van der Waals surface area contributed by atoms with E-state index in [1.54, 1.807) is 26.2 Å². The monoisotopic (exact) mass is 338 g/mol. The Kier molecular flexibility index (Phi) is 5.03. The SMILES string of the molecule is CN(C)C(=O)c1ccc(CNC(=O)C2COc3ccccc3C2)cc1. The summed E-state index contributed by atoms with van der Waals surface area (Å²) in [5.74, 6) is 0.647. The summed E-state index contributed by atoms with van der Waals surface area (Å²) in [7, 11) is 3.45. The molecule has 0 spiro atoms. The molecule has 3 rings (SSSR count). The van der Waals surface area contributed by atoms with Crippen molar-refractivity contribution in [3.05, 3.63) is 65.2 Å². The Balaban J connectivity index is 1.55. The number of nitrogens with one attached hydrogen (secondary N) is 1. The van der Waals surface area contributed by atoms with Crippen LogP contribution in [0.2, 0.25) is 0 Å². The highest BCUT2D eigenvalue weighted by atomic mass is 16.5. The number of carbonyl (C=O) groups excluding carboxylic acids is 2. The van der Waals surface area contributed by atoms with Crippen LogP contribution in [0.1, 0.15) is 21.5 Å². The number of hydrogen-bond acceptors (Lipinski definition) is 3. The zero-order valence-corrected chi connectivity index (χ0v) is 14.5. The fourth-order valence-electron chi connectivity index (χ4n) is 2.85. The van der Waals surface area contributed by atoms with E-state index in [0.29, 0.717) is 25.1 Å².